The van der Waals surface area contributed by atoms with Gasteiger partial charge in [-0.25, -0.2) is 0 Å². The van der Waals surface area contributed by atoms with Crippen LogP contribution in [0.25, 0.3) is 0 Å². The monoisotopic (exact) mass is 393 g/mol. The Labute approximate surface area is 149 Å². The van der Waals surface area contributed by atoms with Crippen LogP contribution in [0.1, 0.15) is 23.5 Å². The summed E-state index contributed by atoms with van der Waals surface area (Å²) in [6, 6.07) is 13.5. The fourth-order valence-electron chi connectivity index (χ4n) is 2.80. The summed E-state index contributed by atoms with van der Waals surface area (Å²) < 4.78 is 6.29. The van der Waals surface area contributed by atoms with Gasteiger partial charge in [0.25, 0.3) is 0 Å². The van der Waals surface area contributed by atoms with E-state index in [9.17, 15) is 4.79 Å². The zero-order chi connectivity index (χ0) is 16.4. The molecule has 0 bridgehead atoms. The van der Waals surface area contributed by atoms with Crippen molar-refractivity contribution in [3.8, 4) is 5.75 Å². The summed E-state index contributed by atoms with van der Waals surface area (Å²) >= 11 is 9.64. The van der Waals surface area contributed by atoms with Crippen LogP contribution < -0.4 is 10.1 Å². The molecule has 1 N–H and O–H groups in total. The minimum Gasteiger partial charge on any atom is -0.496 e. The van der Waals surface area contributed by atoms with Crippen LogP contribution in [-0.4, -0.2) is 13.0 Å². The third-order valence-electron chi connectivity index (χ3n) is 4.13. The number of hydrogen-bond acceptors (Lipinski definition) is 2. The Bertz CT molecular complexity index is 735. The smallest absolute Gasteiger partial charge is 0.224 e. The second-order valence-corrected chi connectivity index (χ2v) is 6.97. The number of carbonyl (C=O) groups excluding carboxylic acids is 1. The fraction of sp³-hybridized carbons (Fsp3) is 0.278. The first kappa shape index (κ1) is 16.3. The number of amides is 1. The lowest BCUT2D eigenvalue weighted by Gasteiger charge is -2.10. The molecule has 0 aliphatic heterocycles. The van der Waals surface area contributed by atoms with Crippen molar-refractivity contribution in [2.75, 3.05) is 7.11 Å². The summed E-state index contributed by atoms with van der Waals surface area (Å²) in [4.78, 5) is 12.4. The summed E-state index contributed by atoms with van der Waals surface area (Å²) in [5, 5.41) is 3.74. The molecule has 2 unspecified atom stereocenters. The highest BCUT2D eigenvalue weighted by Gasteiger charge is 2.44. The molecule has 1 saturated carbocycles. The van der Waals surface area contributed by atoms with Crippen LogP contribution in [0.5, 0.6) is 5.75 Å². The van der Waals surface area contributed by atoms with Gasteiger partial charge in [0.05, 0.1) is 7.11 Å². The van der Waals surface area contributed by atoms with Gasteiger partial charge in [0.15, 0.2) is 0 Å². The van der Waals surface area contributed by atoms with Crippen molar-refractivity contribution >= 4 is 33.4 Å². The number of rotatable bonds is 5. The largest absolute Gasteiger partial charge is 0.496 e. The van der Waals surface area contributed by atoms with Gasteiger partial charge in [-0.3, -0.25) is 4.79 Å². The molecule has 0 saturated heterocycles. The van der Waals surface area contributed by atoms with E-state index in [0.29, 0.717) is 6.54 Å². The molecule has 23 heavy (non-hydrogen) atoms. The summed E-state index contributed by atoms with van der Waals surface area (Å²) in [6.07, 6.45) is 0.852. The fourth-order valence-corrected chi connectivity index (χ4v) is 3.49. The third-order valence-corrected chi connectivity index (χ3v) is 4.96. The van der Waals surface area contributed by atoms with Crippen molar-refractivity contribution in [3.05, 3.63) is 63.1 Å². The highest BCUT2D eigenvalue weighted by Crippen LogP contribution is 2.49. The van der Waals surface area contributed by atoms with Crippen molar-refractivity contribution in [1.29, 1.82) is 0 Å². The van der Waals surface area contributed by atoms with Gasteiger partial charge >= 0.3 is 0 Å². The van der Waals surface area contributed by atoms with E-state index in [-0.39, 0.29) is 17.7 Å². The SMILES string of the molecule is COc1ccc(Br)cc1CNC(=O)C1CC1c1ccccc1Cl. The summed E-state index contributed by atoms with van der Waals surface area (Å²) in [6.45, 7) is 0.452. The highest BCUT2D eigenvalue weighted by atomic mass is 79.9. The van der Waals surface area contributed by atoms with Crippen LogP contribution in [0.15, 0.2) is 46.9 Å². The molecule has 120 valence electrons. The standard InChI is InChI=1S/C18H17BrClNO2/c1-23-17-7-6-12(19)8-11(17)10-21-18(22)15-9-14(15)13-4-2-3-5-16(13)20/h2-8,14-15H,9-10H2,1H3,(H,21,22). The molecule has 2 aromatic rings. The lowest BCUT2D eigenvalue weighted by Crippen LogP contribution is -2.25. The molecule has 3 nitrogen and oxygen atoms in total. The van der Waals surface area contributed by atoms with E-state index in [0.717, 1.165) is 32.8 Å². The highest BCUT2D eigenvalue weighted by molar-refractivity contribution is 9.10. The predicted molar refractivity (Wildman–Crippen MR) is 94.8 cm³/mol. The minimum absolute atomic E-state index is 0.00745. The van der Waals surface area contributed by atoms with Crippen LogP contribution in [0.4, 0.5) is 0 Å². The first-order valence-electron chi connectivity index (χ1n) is 7.44. The molecule has 5 heteroatoms. The molecule has 1 aliphatic rings. The van der Waals surface area contributed by atoms with Gasteiger partial charge in [0.1, 0.15) is 5.75 Å². The molecule has 1 amide bonds. The van der Waals surface area contributed by atoms with Gasteiger partial charge in [-0.05, 0) is 42.2 Å². The van der Waals surface area contributed by atoms with E-state index < -0.39 is 0 Å². The van der Waals surface area contributed by atoms with Crippen LogP contribution in [0.2, 0.25) is 5.02 Å². The Morgan fingerprint density at radius 2 is 2.13 bits per heavy atom. The molecular formula is C18H17BrClNO2. The predicted octanol–water partition coefficient (Wildman–Crippen LogP) is 4.53. The molecule has 0 aromatic heterocycles. The number of nitrogens with one attached hydrogen (secondary N) is 1. The Balaban J connectivity index is 1.61. The van der Waals surface area contributed by atoms with Crippen LogP contribution >= 0.6 is 27.5 Å². The molecule has 2 aromatic carbocycles. The second kappa shape index (κ2) is 6.93. The number of hydrogen-bond donors (Lipinski definition) is 1. The first-order valence-corrected chi connectivity index (χ1v) is 8.62. The second-order valence-electron chi connectivity index (χ2n) is 5.64. The van der Waals surface area contributed by atoms with Crippen LogP contribution in [-0.2, 0) is 11.3 Å². The van der Waals surface area contributed by atoms with Gasteiger partial charge in [-0.15, -0.1) is 0 Å². The Morgan fingerprint density at radius 1 is 1.35 bits per heavy atom. The van der Waals surface area contributed by atoms with Crippen LogP contribution in [0, 0.1) is 5.92 Å². The van der Waals surface area contributed by atoms with E-state index in [4.69, 9.17) is 16.3 Å². The van der Waals surface area contributed by atoms with Crippen molar-refractivity contribution in [2.45, 2.75) is 18.9 Å². The quantitative estimate of drug-likeness (QED) is 0.809. The third kappa shape index (κ3) is 3.70. The maximum absolute atomic E-state index is 12.4. The topological polar surface area (TPSA) is 38.3 Å². The summed E-state index contributed by atoms with van der Waals surface area (Å²) in [5.74, 6) is 1.07. The lowest BCUT2D eigenvalue weighted by molar-refractivity contribution is -0.122. The average molecular weight is 395 g/mol. The van der Waals surface area contributed by atoms with E-state index in [1.807, 2.05) is 42.5 Å². The van der Waals surface area contributed by atoms with Crippen molar-refractivity contribution < 1.29 is 9.53 Å². The van der Waals surface area contributed by atoms with Gasteiger partial charge < -0.3 is 10.1 Å². The zero-order valence-electron chi connectivity index (χ0n) is 12.7. The number of benzene rings is 2. The normalized spacial score (nSPS) is 19.3. The molecule has 3 rings (SSSR count). The van der Waals surface area contributed by atoms with E-state index in [1.165, 1.54) is 0 Å². The minimum atomic E-state index is 0.00745. The van der Waals surface area contributed by atoms with E-state index in [2.05, 4.69) is 21.2 Å². The van der Waals surface area contributed by atoms with E-state index in [1.54, 1.807) is 7.11 Å². The maximum atomic E-state index is 12.4. The average Bonchev–Trinajstić information content (AvgIpc) is 3.33. The molecule has 0 spiro atoms. The van der Waals surface area contributed by atoms with Gasteiger partial charge in [-0.1, -0.05) is 45.7 Å². The van der Waals surface area contributed by atoms with Crippen LogP contribution in [0.3, 0.4) is 0 Å². The number of halogens is 2. The van der Waals surface area contributed by atoms with Crippen molar-refractivity contribution in [2.24, 2.45) is 5.92 Å². The number of methoxy groups -OCH3 is 1. The molecule has 1 aliphatic carbocycles. The van der Waals surface area contributed by atoms with Crippen molar-refractivity contribution in [1.82, 2.24) is 5.32 Å². The molecule has 0 radical (unpaired) electrons. The van der Waals surface area contributed by atoms with Gasteiger partial charge in [0, 0.05) is 27.5 Å². The lowest BCUT2D eigenvalue weighted by atomic mass is 10.1. The van der Waals surface area contributed by atoms with E-state index >= 15 is 0 Å². The summed E-state index contributed by atoms with van der Waals surface area (Å²) in [5.41, 5.74) is 2.01. The first-order chi connectivity index (χ1) is 11.1. The Morgan fingerprint density at radius 3 is 2.87 bits per heavy atom. The molecule has 1 fully saturated rings. The Kier molecular flexibility index (Phi) is 4.93. The number of ether oxygens (including phenoxy) is 1. The Hall–Kier alpha value is -1.52. The van der Waals surface area contributed by atoms with Crippen molar-refractivity contribution in [3.63, 3.8) is 0 Å². The maximum Gasteiger partial charge on any atom is 0.224 e. The number of carbonyl (C=O) groups is 1. The molecular weight excluding hydrogens is 378 g/mol. The van der Waals surface area contributed by atoms with Gasteiger partial charge in [0.2, 0.25) is 5.91 Å². The van der Waals surface area contributed by atoms with Gasteiger partial charge in [-0.2, -0.15) is 0 Å². The molecule has 2 atom stereocenters. The molecule has 0 heterocycles. The summed E-state index contributed by atoms with van der Waals surface area (Å²) in [7, 11) is 1.63. The zero-order valence-corrected chi connectivity index (χ0v) is 15.0.